The Hall–Kier alpha value is -0.500. The van der Waals surface area contributed by atoms with Crippen LogP contribution >= 0.6 is 45.8 Å². The van der Waals surface area contributed by atoms with Gasteiger partial charge in [-0.1, -0.05) is 29.3 Å². The van der Waals surface area contributed by atoms with Gasteiger partial charge in [0.05, 0.1) is 15.9 Å². The first-order valence-corrected chi connectivity index (χ1v) is 7.49. The second kappa shape index (κ2) is 6.98. The maximum atomic E-state index is 13.8. The van der Waals surface area contributed by atoms with Crippen LogP contribution in [0, 0.1) is 9.39 Å². The number of ether oxygens (including phenoxy) is 1. The maximum Gasteiger partial charge on any atom is 0.146 e. The molecule has 7 heteroatoms. The number of nitrogens with zero attached hydrogens (tertiary/aromatic N) is 2. The Bertz CT molecular complexity index is 620. The molecular weight excluding hydrogens is 417 g/mol. The summed E-state index contributed by atoms with van der Waals surface area (Å²) in [6, 6.07) is 4.54. The number of halogens is 4. The van der Waals surface area contributed by atoms with Gasteiger partial charge >= 0.3 is 0 Å². The van der Waals surface area contributed by atoms with Gasteiger partial charge < -0.3 is 4.74 Å². The topological polar surface area (TPSA) is 35.0 Å². The molecule has 0 fully saturated rings. The highest BCUT2D eigenvalue weighted by Crippen LogP contribution is 2.24. The fourth-order valence-corrected chi connectivity index (χ4v) is 2.52. The lowest BCUT2D eigenvalue weighted by molar-refractivity contribution is 0.180. The van der Waals surface area contributed by atoms with Crippen molar-refractivity contribution in [1.29, 1.82) is 0 Å². The second-order valence-electron chi connectivity index (χ2n) is 4.00. The van der Waals surface area contributed by atoms with Crippen LogP contribution in [0.4, 0.5) is 4.39 Å². The fraction of sp³-hybridized carbons (Fsp3) is 0.231. The van der Waals surface area contributed by atoms with Crippen molar-refractivity contribution >= 4 is 45.8 Å². The van der Waals surface area contributed by atoms with Gasteiger partial charge in [-0.2, -0.15) is 0 Å². The van der Waals surface area contributed by atoms with E-state index in [4.69, 9.17) is 27.9 Å². The van der Waals surface area contributed by atoms with Gasteiger partial charge in [0.1, 0.15) is 16.8 Å². The Balaban J connectivity index is 2.39. The van der Waals surface area contributed by atoms with Crippen molar-refractivity contribution in [3.8, 4) is 0 Å². The Kier molecular flexibility index (Phi) is 5.54. The van der Waals surface area contributed by atoms with Gasteiger partial charge in [0.25, 0.3) is 0 Å². The molecule has 0 saturated carbocycles. The van der Waals surface area contributed by atoms with Gasteiger partial charge in [0.15, 0.2) is 0 Å². The zero-order valence-electron chi connectivity index (χ0n) is 10.5. The molecule has 0 saturated heterocycles. The molecule has 20 heavy (non-hydrogen) atoms. The van der Waals surface area contributed by atoms with E-state index in [1.165, 1.54) is 6.07 Å². The number of hydrogen-bond donors (Lipinski definition) is 0. The largest absolute Gasteiger partial charge is 0.378 e. The molecule has 0 bridgehead atoms. The van der Waals surface area contributed by atoms with Gasteiger partial charge in [-0.25, -0.2) is 14.4 Å². The monoisotopic (exact) mass is 426 g/mol. The first-order valence-electron chi connectivity index (χ1n) is 5.65. The summed E-state index contributed by atoms with van der Waals surface area (Å²) in [5, 5.41) is 0.673. The first kappa shape index (κ1) is 15.9. The van der Waals surface area contributed by atoms with Crippen LogP contribution in [0.5, 0.6) is 0 Å². The number of methoxy groups -OCH3 is 1. The van der Waals surface area contributed by atoms with Crippen LogP contribution in [0.3, 0.4) is 0 Å². The molecule has 0 atom stereocenters. The van der Waals surface area contributed by atoms with Crippen molar-refractivity contribution in [2.75, 3.05) is 7.11 Å². The smallest absolute Gasteiger partial charge is 0.146 e. The van der Waals surface area contributed by atoms with E-state index in [-0.39, 0.29) is 12.2 Å². The molecular formula is C13H10Cl2FIN2O. The lowest BCUT2D eigenvalue weighted by Crippen LogP contribution is -2.06. The molecule has 3 nitrogen and oxygen atoms in total. The van der Waals surface area contributed by atoms with Crippen molar-refractivity contribution in [3.05, 3.63) is 54.8 Å². The summed E-state index contributed by atoms with van der Waals surface area (Å²) >= 11 is 14.1. The van der Waals surface area contributed by atoms with Crippen molar-refractivity contribution in [1.82, 2.24) is 9.97 Å². The average molecular weight is 427 g/mol. The summed E-state index contributed by atoms with van der Waals surface area (Å²) in [5.74, 6) is 0.0264. The molecule has 2 rings (SSSR count). The molecule has 0 aliphatic rings. The molecule has 0 aliphatic carbocycles. The average Bonchev–Trinajstić information content (AvgIpc) is 2.40. The summed E-state index contributed by atoms with van der Waals surface area (Å²) < 4.78 is 19.6. The summed E-state index contributed by atoms with van der Waals surface area (Å²) in [7, 11) is 1.57. The van der Waals surface area contributed by atoms with Gasteiger partial charge in [-0.3, -0.25) is 0 Å². The second-order valence-corrected chi connectivity index (χ2v) is 5.85. The highest BCUT2D eigenvalue weighted by molar-refractivity contribution is 14.1. The molecule has 0 unspecified atom stereocenters. The van der Waals surface area contributed by atoms with Crippen molar-refractivity contribution in [2.45, 2.75) is 13.0 Å². The normalized spacial score (nSPS) is 10.8. The summed E-state index contributed by atoms with van der Waals surface area (Å²) in [5.41, 5.74) is 1.03. The van der Waals surface area contributed by atoms with Gasteiger partial charge in [0.2, 0.25) is 0 Å². The molecule has 106 valence electrons. The van der Waals surface area contributed by atoms with Gasteiger partial charge in [-0.15, -0.1) is 0 Å². The molecule has 0 radical (unpaired) electrons. The third-order valence-electron chi connectivity index (χ3n) is 2.60. The quantitative estimate of drug-likeness (QED) is 0.541. The molecule has 1 heterocycles. The van der Waals surface area contributed by atoms with Gasteiger partial charge in [-0.05, 0) is 34.7 Å². The highest BCUT2D eigenvalue weighted by atomic mass is 127. The van der Waals surface area contributed by atoms with Crippen molar-refractivity contribution in [2.24, 2.45) is 0 Å². The van der Waals surface area contributed by atoms with Crippen molar-refractivity contribution in [3.63, 3.8) is 0 Å². The fourth-order valence-electron chi connectivity index (χ4n) is 1.68. The lowest BCUT2D eigenvalue weighted by atomic mass is 10.1. The maximum absolute atomic E-state index is 13.8. The third kappa shape index (κ3) is 3.58. The van der Waals surface area contributed by atoms with Crippen LogP contribution in [0.1, 0.15) is 17.1 Å². The number of aromatic nitrogens is 2. The minimum absolute atomic E-state index is 0.179. The van der Waals surface area contributed by atoms with Crippen LogP contribution in [-0.2, 0) is 17.8 Å². The molecule has 2 aromatic rings. The van der Waals surface area contributed by atoms with E-state index in [0.717, 1.165) is 3.57 Å². The molecule has 1 aromatic heterocycles. The van der Waals surface area contributed by atoms with E-state index in [9.17, 15) is 4.39 Å². The number of benzene rings is 1. The van der Waals surface area contributed by atoms with E-state index >= 15 is 0 Å². The lowest BCUT2D eigenvalue weighted by Gasteiger charge is -2.09. The Labute approximate surface area is 139 Å². The third-order valence-corrected chi connectivity index (χ3v) is 4.68. The van der Waals surface area contributed by atoms with E-state index in [0.29, 0.717) is 33.9 Å². The van der Waals surface area contributed by atoms with Crippen LogP contribution < -0.4 is 0 Å². The molecule has 1 aromatic carbocycles. The minimum atomic E-state index is -0.385. The minimum Gasteiger partial charge on any atom is -0.378 e. The molecule has 0 N–H and O–H groups in total. The standard InChI is InChI=1S/C13H10Cl2FIN2O/c1-20-6-10-12(17)13(15)19-11(18-10)5-7-8(14)3-2-4-9(7)16/h2-4H,5-6H2,1H3. The summed E-state index contributed by atoms with van der Waals surface area (Å²) in [6.45, 7) is 0.318. The zero-order valence-corrected chi connectivity index (χ0v) is 14.1. The van der Waals surface area contributed by atoms with E-state index in [1.54, 1.807) is 19.2 Å². The predicted octanol–water partition coefficient (Wildman–Crippen LogP) is 4.26. The molecule has 0 amide bonds. The predicted molar refractivity (Wildman–Crippen MR) is 84.7 cm³/mol. The first-order chi connectivity index (χ1) is 9.52. The number of rotatable bonds is 4. The SMILES string of the molecule is COCc1nc(Cc2c(F)cccc2Cl)nc(Cl)c1I. The molecule has 0 aliphatic heterocycles. The van der Waals surface area contributed by atoms with Crippen LogP contribution in [0.25, 0.3) is 0 Å². The summed E-state index contributed by atoms with van der Waals surface area (Å²) in [6.07, 6.45) is 0.179. The van der Waals surface area contributed by atoms with Crippen LogP contribution in [-0.4, -0.2) is 17.1 Å². The van der Waals surface area contributed by atoms with Gasteiger partial charge in [0, 0.05) is 24.1 Å². The van der Waals surface area contributed by atoms with E-state index in [2.05, 4.69) is 32.6 Å². The highest BCUT2D eigenvalue weighted by Gasteiger charge is 2.14. The molecule has 0 spiro atoms. The summed E-state index contributed by atoms with van der Waals surface area (Å²) in [4.78, 5) is 8.51. The van der Waals surface area contributed by atoms with E-state index in [1.807, 2.05) is 0 Å². The zero-order chi connectivity index (χ0) is 14.7. The van der Waals surface area contributed by atoms with Crippen molar-refractivity contribution < 1.29 is 9.13 Å². The van der Waals surface area contributed by atoms with Crippen LogP contribution in [0.2, 0.25) is 10.2 Å². The van der Waals surface area contributed by atoms with E-state index < -0.39 is 0 Å². The Morgan fingerprint density at radius 1 is 1.30 bits per heavy atom. The Morgan fingerprint density at radius 3 is 2.70 bits per heavy atom. The van der Waals surface area contributed by atoms with Crippen LogP contribution in [0.15, 0.2) is 18.2 Å². The Morgan fingerprint density at radius 2 is 2.05 bits per heavy atom. The number of hydrogen-bond acceptors (Lipinski definition) is 3.